The van der Waals surface area contributed by atoms with Crippen LogP contribution < -0.4 is 0 Å². The Hall–Kier alpha value is -1.93. The van der Waals surface area contributed by atoms with E-state index in [2.05, 4.69) is 50.2 Å². The Kier molecular flexibility index (Phi) is 6.26. The molecule has 0 unspecified atom stereocenters. The van der Waals surface area contributed by atoms with Crippen LogP contribution in [0, 0.1) is 0 Å². The highest BCUT2D eigenvalue weighted by Crippen LogP contribution is 2.50. The molecule has 0 bridgehead atoms. The number of rotatable bonds is 10. The molecule has 0 saturated heterocycles. The van der Waals surface area contributed by atoms with Gasteiger partial charge in [0.2, 0.25) is 0 Å². The number of ketones is 1. The first-order valence-electron chi connectivity index (χ1n) is 10.1. The van der Waals surface area contributed by atoms with Crippen molar-refractivity contribution in [1.82, 2.24) is 0 Å². The van der Waals surface area contributed by atoms with Crippen molar-refractivity contribution in [2.24, 2.45) is 0 Å². The van der Waals surface area contributed by atoms with Gasteiger partial charge in [-0.1, -0.05) is 81.6 Å². The summed E-state index contributed by atoms with van der Waals surface area (Å²) in [5.41, 5.74) is 3.98. The highest BCUT2D eigenvalue weighted by molar-refractivity contribution is 6.01. The zero-order valence-corrected chi connectivity index (χ0v) is 16.1. The van der Waals surface area contributed by atoms with Crippen LogP contribution in [0.3, 0.4) is 0 Å². The molecular formula is C24H30O2. The first kappa shape index (κ1) is 18.8. The number of carbonyl (C=O) groups excluding carboxylic acids is 1. The number of ether oxygens (including phenoxy) is 1. The fraction of sp³-hybridized carbons (Fsp3) is 0.458. The number of Topliss-reactive ketones (excluding diaryl/α,β-unsaturated/α-hetero) is 1. The predicted octanol–water partition coefficient (Wildman–Crippen LogP) is 5.92. The van der Waals surface area contributed by atoms with Crippen molar-refractivity contribution in [3.63, 3.8) is 0 Å². The second kappa shape index (κ2) is 8.64. The summed E-state index contributed by atoms with van der Waals surface area (Å²) in [5.74, 6) is 0.305. The Balaban J connectivity index is 2.03. The van der Waals surface area contributed by atoms with Crippen LogP contribution in [0.2, 0.25) is 0 Å². The Morgan fingerprint density at radius 3 is 2.00 bits per heavy atom. The van der Waals surface area contributed by atoms with Crippen LogP contribution in [0.4, 0.5) is 0 Å². The molecule has 1 aliphatic carbocycles. The average Bonchev–Trinajstić information content (AvgIpc) is 2.97. The zero-order valence-electron chi connectivity index (χ0n) is 16.1. The molecular weight excluding hydrogens is 320 g/mol. The van der Waals surface area contributed by atoms with Gasteiger partial charge in [-0.2, -0.15) is 0 Å². The third-order valence-corrected chi connectivity index (χ3v) is 5.51. The molecule has 138 valence electrons. The van der Waals surface area contributed by atoms with Gasteiger partial charge in [0.15, 0.2) is 0 Å². The summed E-state index contributed by atoms with van der Waals surface area (Å²) >= 11 is 0. The molecule has 0 radical (unpaired) electrons. The SMILES string of the molecule is CCCCCC(=O)C1(COCCCC)c2ccccc2-c2ccccc21. The van der Waals surface area contributed by atoms with Crippen molar-refractivity contribution in [1.29, 1.82) is 0 Å². The standard InChI is InChI=1S/C24H30O2/c1-3-5-7-16-23(25)24(18-26-17-6-4-2)21-14-10-8-12-19(21)20-13-9-11-15-22(20)24/h8-15H,3-7,16-18H2,1-2H3. The summed E-state index contributed by atoms with van der Waals surface area (Å²) in [6.07, 6.45) is 5.93. The van der Waals surface area contributed by atoms with E-state index in [1.807, 2.05) is 12.1 Å². The average molecular weight is 351 g/mol. The molecule has 0 aliphatic heterocycles. The van der Waals surface area contributed by atoms with E-state index in [4.69, 9.17) is 4.74 Å². The maximum absolute atomic E-state index is 13.6. The van der Waals surface area contributed by atoms with Crippen LogP contribution in [0.25, 0.3) is 11.1 Å². The van der Waals surface area contributed by atoms with Gasteiger partial charge < -0.3 is 4.74 Å². The number of carbonyl (C=O) groups is 1. The summed E-state index contributed by atoms with van der Waals surface area (Å²) in [7, 11) is 0. The number of hydrogen-bond donors (Lipinski definition) is 0. The van der Waals surface area contributed by atoms with Gasteiger partial charge in [0, 0.05) is 13.0 Å². The van der Waals surface area contributed by atoms with E-state index in [1.54, 1.807) is 0 Å². The molecule has 0 heterocycles. The van der Waals surface area contributed by atoms with Gasteiger partial charge in [-0.3, -0.25) is 4.79 Å². The molecule has 26 heavy (non-hydrogen) atoms. The Labute approximate surface area is 157 Å². The van der Waals surface area contributed by atoms with Gasteiger partial charge in [0.05, 0.1) is 6.61 Å². The van der Waals surface area contributed by atoms with Crippen LogP contribution >= 0.6 is 0 Å². The van der Waals surface area contributed by atoms with E-state index in [1.165, 1.54) is 11.1 Å². The first-order chi connectivity index (χ1) is 12.8. The van der Waals surface area contributed by atoms with Gasteiger partial charge >= 0.3 is 0 Å². The molecule has 0 N–H and O–H groups in total. The first-order valence-corrected chi connectivity index (χ1v) is 10.1. The molecule has 0 amide bonds. The van der Waals surface area contributed by atoms with Crippen molar-refractivity contribution >= 4 is 5.78 Å². The van der Waals surface area contributed by atoms with Crippen molar-refractivity contribution in [3.05, 3.63) is 59.7 Å². The highest BCUT2D eigenvalue weighted by Gasteiger charge is 2.48. The normalized spacial score (nSPS) is 14.1. The van der Waals surface area contributed by atoms with Crippen molar-refractivity contribution in [2.75, 3.05) is 13.2 Å². The van der Waals surface area contributed by atoms with Crippen molar-refractivity contribution < 1.29 is 9.53 Å². The minimum absolute atomic E-state index is 0.305. The number of fused-ring (bicyclic) bond motifs is 3. The second-order valence-corrected chi connectivity index (χ2v) is 7.28. The number of hydrogen-bond acceptors (Lipinski definition) is 2. The maximum atomic E-state index is 13.6. The minimum atomic E-state index is -0.644. The van der Waals surface area contributed by atoms with E-state index in [-0.39, 0.29) is 0 Å². The molecule has 3 rings (SSSR count). The summed E-state index contributed by atoms with van der Waals surface area (Å²) in [4.78, 5) is 13.6. The molecule has 0 atom stereocenters. The lowest BCUT2D eigenvalue weighted by molar-refractivity contribution is -0.125. The molecule has 0 spiro atoms. The summed E-state index contributed by atoms with van der Waals surface area (Å²) < 4.78 is 6.08. The summed E-state index contributed by atoms with van der Waals surface area (Å²) in [6.45, 7) is 5.50. The lowest BCUT2D eigenvalue weighted by atomic mass is 9.73. The molecule has 2 heteroatoms. The molecule has 0 fully saturated rings. The van der Waals surface area contributed by atoms with E-state index < -0.39 is 5.41 Å². The van der Waals surface area contributed by atoms with Crippen LogP contribution in [0.15, 0.2) is 48.5 Å². The van der Waals surface area contributed by atoms with Crippen molar-refractivity contribution in [3.8, 4) is 11.1 Å². The van der Waals surface area contributed by atoms with Crippen LogP contribution in [-0.2, 0) is 14.9 Å². The van der Waals surface area contributed by atoms with Gasteiger partial charge in [0.25, 0.3) is 0 Å². The molecule has 1 aliphatic rings. The Morgan fingerprint density at radius 1 is 0.846 bits per heavy atom. The second-order valence-electron chi connectivity index (χ2n) is 7.28. The molecule has 2 aromatic rings. The minimum Gasteiger partial charge on any atom is -0.380 e. The van der Waals surface area contributed by atoms with Crippen LogP contribution in [0.1, 0.15) is 63.5 Å². The summed E-state index contributed by atoms with van der Waals surface area (Å²) in [6, 6.07) is 16.7. The molecule has 0 aromatic heterocycles. The van der Waals surface area contributed by atoms with Gasteiger partial charge in [0.1, 0.15) is 11.2 Å². The maximum Gasteiger partial charge on any atom is 0.150 e. The zero-order chi connectivity index (χ0) is 18.4. The number of unbranched alkanes of at least 4 members (excludes halogenated alkanes) is 3. The lowest BCUT2D eigenvalue weighted by Crippen LogP contribution is -2.40. The van der Waals surface area contributed by atoms with E-state index in [0.29, 0.717) is 25.4 Å². The monoisotopic (exact) mass is 350 g/mol. The quantitative estimate of drug-likeness (QED) is 0.497. The highest BCUT2D eigenvalue weighted by atomic mass is 16.5. The van der Waals surface area contributed by atoms with E-state index >= 15 is 0 Å². The smallest absolute Gasteiger partial charge is 0.150 e. The largest absolute Gasteiger partial charge is 0.380 e. The fourth-order valence-corrected chi connectivity index (χ4v) is 4.08. The van der Waals surface area contributed by atoms with E-state index in [0.717, 1.165) is 43.2 Å². The predicted molar refractivity (Wildman–Crippen MR) is 108 cm³/mol. The third kappa shape index (κ3) is 3.35. The van der Waals surface area contributed by atoms with Gasteiger partial charge in [-0.15, -0.1) is 0 Å². The summed E-state index contributed by atoms with van der Waals surface area (Å²) in [5, 5.41) is 0. The Bertz CT molecular complexity index is 702. The Morgan fingerprint density at radius 2 is 1.42 bits per heavy atom. The molecule has 2 aromatic carbocycles. The van der Waals surface area contributed by atoms with Crippen LogP contribution in [0.5, 0.6) is 0 Å². The van der Waals surface area contributed by atoms with Gasteiger partial charge in [-0.05, 0) is 35.1 Å². The lowest BCUT2D eigenvalue weighted by Gasteiger charge is -2.30. The molecule has 2 nitrogen and oxygen atoms in total. The van der Waals surface area contributed by atoms with Gasteiger partial charge in [-0.25, -0.2) is 0 Å². The fourth-order valence-electron chi connectivity index (χ4n) is 4.08. The van der Waals surface area contributed by atoms with E-state index in [9.17, 15) is 4.79 Å². The van der Waals surface area contributed by atoms with Crippen LogP contribution in [-0.4, -0.2) is 19.0 Å². The topological polar surface area (TPSA) is 26.3 Å². The third-order valence-electron chi connectivity index (χ3n) is 5.51. The number of benzene rings is 2. The molecule has 0 saturated carbocycles. The van der Waals surface area contributed by atoms with Crippen molar-refractivity contribution in [2.45, 2.75) is 57.8 Å².